The molecule has 0 fully saturated rings. The highest BCUT2D eigenvalue weighted by Crippen LogP contribution is 2.25. The van der Waals surface area contributed by atoms with Gasteiger partial charge in [0.1, 0.15) is 11.5 Å². The van der Waals surface area contributed by atoms with Crippen LogP contribution < -0.4 is 14.8 Å². The molecule has 0 aliphatic rings. The van der Waals surface area contributed by atoms with Crippen molar-refractivity contribution in [3.05, 3.63) is 53.6 Å². The molecule has 0 aliphatic carbocycles. The Labute approximate surface area is 146 Å². The number of methoxy groups -OCH3 is 2. The molecule has 132 valence electrons. The van der Waals surface area contributed by atoms with Gasteiger partial charge < -0.3 is 19.5 Å². The molecule has 6 heteroatoms. The van der Waals surface area contributed by atoms with E-state index in [0.717, 1.165) is 11.1 Å². The number of aryl methyl sites for hydroxylation is 1. The lowest BCUT2D eigenvalue weighted by atomic mass is 10.1. The van der Waals surface area contributed by atoms with Crippen molar-refractivity contribution in [2.24, 2.45) is 0 Å². The second-order valence-electron chi connectivity index (χ2n) is 5.44. The van der Waals surface area contributed by atoms with Gasteiger partial charge in [-0.3, -0.25) is 9.59 Å². The first-order valence-electron chi connectivity index (χ1n) is 7.75. The Balaban J connectivity index is 1.84. The molecule has 0 aliphatic heterocycles. The van der Waals surface area contributed by atoms with Crippen LogP contribution in [0.1, 0.15) is 11.1 Å². The van der Waals surface area contributed by atoms with Crippen molar-refractivity contribution in [2.75, 3.05) is 26.1 Å². The summed E-state index contributed by atoms with van der Waals surface area (Å²) in [6, 6.07) is 12.5. The van der Waals surface area contributed by atoms with E-state index in [4.69, 9.17) is 14.2 Å². The Kier molecular flexibility index (Phi) is 6.39. The second-order valence-corrected chi connectivity index (χ2v) is 5.44. The highest BCUT2D eigenvalue weighted by Gasteiger charge is 2.11. The van der Waals surface area contributed by atoms with E-state index in [0.29, 0.717) is 17.2 Å². The molecule has 0 heterocycles. The Morgan fingerprint density at radius 2 is 1.72 bits per heavy atom. The minimum absolute atomic E-state index is 0.0883. The number of nitrogens with one attached hydrogen (secondary N) is 1. The van der Waals surface area contributed by atoms with Crippen molar-refractivity contribution >= 4 is 17.6 Å². The number of carbonyl (C=O) groups excluding carboxylic acids is 2. The Morgan fingerprint density at radius 1 is 1.00 bits per heavy atom. The van der Waals surface area contributed by atoms with E-state index in [1.807, 2.05) is 13.0 Å². The van der Waals surface area contributed by atoms with Crippen LogP contribution in [-0.4, -0.2) is 32.7 Å². The van der Waals surface area contributed by atoms with Gasteiger partial charge in [0.05, 0.1) is 26.3 Å². The number of ether oxygens (including phenoxy) is 3. The minimum atomic E-state index is -0.475. The summed E-state index contributed by atoms with van der Waals surface area (Å²) in [5.74, 6) is 0.357. The fourth-order valence-corrected chi connectivity index (χ4v) is 2.21. The van der Waals surface area contributed by atoms with Crippen molar-refractivity contribution < 1.29 is 23.8 Å². The zero-order chi connectivity index (χ0) is 18.2. The molecular weight excluding hydrogens is 322 g/mol. The summed E-state index contributed by atoms with van der Waals surface area (Å²) in [6.45, 7) is 1.55. The molecule has 0 radical (unpaired) electrons. The van der Waals surface area contributed by atoms with Crippen molar-refractivity contribution in [2.45, 2.75) is 13.3 Å². The molecule has 6 nitrogen and oxygen atoms in total. The molecule has 2 aromatic carbocycles. The van der Waals surface area contributed by atoms with Gasteiger partial charge in [0, 0.05) is 0 Å². The first-order valence-corrected chi connectivity index (χ1v) is 7.75. The predicted octanol–water partition coefficient (Wildman–Crippen LogP) is 2.74. The molecule has 0 saturated carbocycles. The van der Waals surface area contributed by atoms with E-state index in [1.54, 1.807) is 43.5 Å². The lowest BCUT2D eigenvalue weighted by molar-refractivity contribution is -0.146. The average Bonchev–Trinajstić information content (AvgIpc) is 2.61. The topological polar surface area (TPSA) is 73.9 Å². The fraction of sp³-hybridized carbons (Fsp3) is 0.263. The van der Waals surface area contributed by atoms with Gasteiger partial charge in [0.25, 0.3) is 5.91 Å². The molecule has 1 amide bonds. The molecule has 0 spiro atoms. The van der Waals surface area contributed by atoms with Crippen LogP contribution in [0, 0.1) is 6.92 Å². The number of hydrogen-bond donors (Lipinski definition) is 1. The van der Waals surface area contributed by atoms with Gasteiger partial charge in [-0.25, -0.2) is 0 Å². The fourth-order valence-electron chi connectivity index (χ4n) is 2.21. The van der Waals surface area contributed by atoms with Crippen molar-refractivity contribution in [1.29, 1.82) is 0 Å². The van der Waals surface area contributed by atoms with Crippen LogP contribution in [0.15, 0.2) is 42.5 Å². The predicted molar refractivity (Wildman–Crippen MR) is 94.0 cm³/mol. The summed E-state index contributed by atoms with van der Waals surface area (Å²) >= 11 is 0. The summed E-state index contributed by atoms with van der Waals surface area (Å²) in [4.78, 5) is 23.8. The zero-order valence-electron chi connectivity index (χ0n) is 14.5. The van der Waals surface area contributed by atoms with Crippen molar-refractivity contribution in [1.82, 2.24) is 0 Å². The van der Waals surface area contributed by atoms with Gasteiger partial charge in [-0.1, -0.05) is 18.2 Å². The van der Waals surface area contributed by atoms with E-state index in [-0.39, 0.29) is 13.0 Å². The van der Waals surface area contributed by atoms with Crippen LogP contribution in [0.4, 0.5) is 5.69 Å². The summed E-state index contributed by atoms with van der Waals surface area (Å²) in [5, 5.41) is 2.68. The third kappa shape index (κ3) is 5.53. The maximum Gasteiger partial charge on any atom is 0.310 e. The summed E-state index contributed by atoms with van der Waals surface area (Å²) in [7, 11) is 3.10. The van der Waals surface area contributed by atoms with Gasteiger partial charge >= 0.3 is 5.97 Å². The van der Waals surface area contributed by atoms with Gasteiger partial charge in [-0.05, 0) is 42.3 Å². The lowest BCUT2D eigenvalue weighted by Crippen LogP contribution is -2.22. The molecule has 0 aromatic heterocycles. The smallest absolute Gasteiger partial charge is 0.310 e. The first kappa shape index (κ1) is 18.3. The number of rotatable bonds is 7. The quantitative estimate of drug-likeness (QED) is 0.783. The third-order valence-electron chi connectivity index (χ3n) is 3.50. The average molecular weight is 343 g/mol. The molecule has 0 atom stereocenters. The maximum absolute atomic E-state index is 12.0. The molecule has 0 bridgehead atoms. The third-order valence-corrected chi connectivity index (χ3v) is 3.50. The largest absolute Gasteiger partial charge is 0.497 e. The molecule has 2 aromatic rings. The Hall–Kier alpha value is -3.02. The molecule has 2 rings (SSSR count). The van der Waals surface area contributed by atoms with E-state index in [9.17, 15) is 9.59 Å². The van der Waals surface area contributed by atoms with Gasteiger partial charge in [0.2, 0.25) is 0 Å². The van der Waals surface area contributed by atoms with E-state index >= 15 is 0 Å². The van der Waals surface area contributed by atoms with Gasteiger partial charge in [0.15, 0.2) is 6.61 Å². The monoisotopic (exact) mass is 343 g/mol. The van der Waals surface area contributed by atoms with Crippen LogP contribution >= 0.6 is 0 Å². The maximum atomic E-state index is 12.0. The van der Waals surface area contributed by atoms with E-state index in [1.165, 1.54) is 7.11 Å². The van der Waals surface area contributed by atoms with E-state index < -0.39 is 11.9 Å². The Morgan fingerprint density at radius 3 is 2.36 bits per heavy atom. The number of hydrogen-bond acceptors (Lipinski definition) is 5. The highest BCUT2D eigenvalue weighted by atomic mass is 16.5. The van der Waals surface area contributed by atoms with Crippen LogP contribution in [0.2, 0.25) is 0 Å². The lowest BCUT2D eigenvalue weighted by Gasteiger charge is -2.11. The SMILES string of the molecule is COc1ccc(CC(=O)OCC(=O)Nc2cc(C)ccc2OC)cc1. The van der Waals surface area contributed by atoms with Gasteiger partial charge in [-0.15, -0.1) is 0 Å². The van der Waals surface area contributed by atoms with Crippen molar-refractivity contribution in [3.63, 3.8) is 0 Å². The number of esters is 1. The molecule has 1 N–H and O–H groups in total. The molecule has 25 heavy (non-hydrogen) atoms. The van der Waals surface area contributed by atoms with E-state index in [2.05, 4.69) is 5.32 Å². The zero-order valence-corrected chi connectivity index (χ0v) is 14.5. The summed E-state index contributed by atoms with van der Waals surface area (Å²) < 4.78 is 15.3. The van der Waals surface area contributed by atoms with Crippen molar-refractivity contribution in [3.8, 4) is 11.5 Å². The number of anilines is 1. The molecule has 0 saturated heterocycles. The van der Waals surface area contributed by atoms with Crippen LogP contribution in [0.3, 0.4) is 0 Å². The normalized spacial score (nSPS) is 10.0. The second kappa shape index (κ2) is 8.73. The number of amides is 1. The summed E-state index contributed by atoms with van der Waals surface area (Å²) in [5.41, 5.74) is 2.30. The summed E-state index contributed by atoms with van der Waals surface area (Å²) in [6.07, 6.45) is 0.0883. The van der Waals surface area contributed by atoms with Crippen LogP contribution in [0.5, 0.6) is 11.5 Å². The standard InChI is InChI=1S/C19H21NO5/c1-13-4-9-17(24-3)16(10-13)20-18(21)12-25-19(22)11-14-5-7-15(23-2)8-6-14/h4-10H,11-12H2,1-3H3,(H,20,21). The molecular formula is C19H21NO5. The highest BCUT2D eigenvalue weighted by molar-refractivity contribution is 5.94. The van der Waals surface area contributed by atoms with Crippen LogP contribution in [-0.2, 0) is 20.7 Å². The minimum Gasteiger partial charge on any atom is -0.497 e. The number of carbonyl (C=O) groups is 2. The van der Waals surface area contributed by atoms with Crippen LogP contribution in [0.25, 0.3) is 0 Å². The Bertz CT molecular complexity index is 740. The van der Waals surface area contributed by atoms with Gasteiger partial charge in [-0.2, -0.15) is 0 Å². The first-order chi connectivity index (χ1) is 12.0. The number of benzene rings is 2. The molecule has 0 unspecified atom stereocenters.